The highest BCUT2D eigenvalue weighted by molar-refractivity contribution is 7.89. The molecule has 102 valence electrons. The van der Waals surface area contributed by atoms with Crippen molar-refractivity contribution in [2.75, 3.05) is 39.6 Å². The van der Waals surface area contributed by atoms with Crippen LogP contribution >= 0.6 is 0 Å². The first-order valence-corrected chi connectivity index (χ1v) is 6.86. The van der Waals surface area contributed by atoms with Gasteiger partial charge < -0.3 is 10.1 Å². The van der Waals surface area contributed by atoms with E-state index in [9.17, 15) is 8.42 Å². The monoisotopic (exact) mass is 267 g/mol. The average Bonchev–Trinajstić information content (AvgIpc) is 2.32. The molecular formula is C8H21N5O3S. The van der Waals surface area contributed by atoms with Gasteiger partial charge in [-0.2, -0.15) is 0 Å². The van der Waals surface area contributed by atoms with Crippen LogP contribution < -0.4 is 21.3 Å². The minimum Gasteiger partial charge on any atom is -0.385 e. The van der Waals surface area contributed by atoms with E-state index in [1.807, 2.05) is 0 Å². The Kier molecular flexibility index (Phi) is 8.68. The molecule has 0 radical (unpaired) electrons. The number of aliphatic imine (C=N–C) groups is 1. The third-order valence-corrected chi connectivity index (χ3v) is 3.25. The molecule has 0 unspecified atom stereocenters. The number of ether oxygens (including phenoxy) is 1. The number of nitrogens with two attached hydrogens (primary N) is 1. The maximum atomic E-state index is 11.1. The predicted octanol–water partition coefficient (Wildman–Crippen LogP) is -2.02. The van der Waals surface area contributed by atoms with Gasteiger partial charge in [0.05, 0.1) is 5.75 Å². The van der Waals surface area contributed by atoms with E-state index in [-0.39, 0.29) is 12.3 Å². The van der Waals surface area contributed by atoms with E-state index < -0.39 is 10.0 Å². The molecule has 5 N–H and O–H groups in total. The van der Waals surface area contributed by atoms with Crippen molar-refractivity contribution in [2.45, 2.75) is 6.42 Å². The minimum atomic E-state index is -3.21. The molecule has 0 aromatic heterocycles. The van der Waals surface area contributed by atoms with Crippen molar-refractivity contribution < 1.29 is 13.2 Å². The van der Waals surface area contributed by atoms with E-state index in [4.69, 9.17) is 10.6 Å². The number of guanidine groups is 1. The molecule has 0 amide bonds. The molecule has 17 heavy (non-hydrogen) atoms. The van der Waals surface area contributed by atoms with Gasteiger partial charge in [-0.05, 0) is 13.5 Å². The highest BCUT2D eigenvalue weighted by atomic mass is 32.2. The molecule has 0 aliphatic heterocycles. The fourth-order valence-electron chi connectivity index (χ4n) is 0.958. The number of nitrogens with zero attached hydrogens (tertiary/aromatic N) is 1. The van der Waals surface area contributed by atoms with Gasteiger partial charge in [-0.15, -0.1) is 0 Å². The summed E-state index contributed by atoms with van der Waals surface area (Å²) in [4.78, 5) is 4.10. The molecule has 0 aliphatic rings. The Morgan fingerprint density at radius 3 is 2.71 bits per heavy atom. The average molecular weight is 267 g/mol. The van der Waals surface area contributed by atoms with Crippen LogP contribution in [0.2, 0.25) is 0 Å². The van der Waals surface area contributed by atoms with Gasteiger partial charge in [-0.25, -0.2) is 19.0 Å². The lowest BCUT2D eigenvalue weighted by Crippen LogP contribution is -2.44. The van der Waals surface area contributed by atoms with Crippen LogP contribution in [0.25, 0.3) is 0 Å². The molecule has 0 spiro atoms. The highest BCUT2D eigenvalue weighted by Crippen LogP contribution is 1.83. The maximum Gasteiger partial charge on any atom is 0.213 e. The van der Waals surface area contributed by atoms with E-state index in [2.05, 4.69) is 20.5 Å². The Balaban J connectivity index is 3.89. The highest BCUT2D eigenvalue weighted by Gasteiger charge is 2.06. The zero-order valence-corrected chi connectivity index (χ0v) is 11.0. The summed E-state index contributed by atoms with van der Waals surface area (Å²) >= 11 is 0. The zero-order chi connectivity index (χ0) is 13.1. The van der Waals surface area contributed by atoms with Crippen LogP contribution in [0.4, 0.5) is 0 Å². The fraction of sp³-hybridized carbons (Fsp3) is 0.875. The van der Waals surface area contributed by atoms with E-state index in [1.54, 1.807) is 7.11 Å². The first-order chi connectivity index (χ1) is 8.05. The maximum absolute atomic E-state index is 11.1. The van der Waals surface area contributed by atoms with Gasteiger partial charge in [0.2, 0.25) is 16.0 Å². The summed E-state index contributed by atoms with van der Waals surface area (Å²) in [5.41, 5.74) is 2.37. The van der Waals surface area contributed by atoms with E-state index in [0.29, 0.717) is 19.1 Å². The van der Waals surface area contributed by atoms with Crippen LogP contribution in [-0.2, 0) is 14.8 Å². The van der Waals surface area contributed by atoms with Crippen molar-refractivity contribution in [3.63, 3.8) is 0 Å². The number of rotatable bonds is 8. The standard InChI is InChI=1S/C8H21N5O3S/c1-10-17(14,15)7-5-12-8(13-9)11-4-3-6-16-2/h10H,3-7,9H2,1-2H3,(H2,11,12,13). The summed E-state index contributed by atoms with van der Waals surface area (Å²) in [5.74, 6) is 5.56. The second-order valence-corrected chi connectivity index (χ2v) is 5.22. The molecule has 0 fully saturated rings. The zero-order valence-electron chi connectivity index (χ0n) is 10.2. The lowest BCUT2D eigenvalue weighted by molar-refractivity contribution is 0.197. The molecule has 0 atom stereocenters. The Morgan fingerprint density at radius 1 is 1.47 bits per heavy atom. The number of hydrogen-bond donors (Lipinski definition) is 4. The summed E-state index contributed by atoms with van der Waals surface area (Å²) in [6.45, 7) is 1.41. The summed E-state index contributed by atoms with van der Waals surface area (Å²) < 4.78 is 29.3. The normalized spacial score (nSPS) is 12.5. The summed E-state index contributed by atoms with van der Waals surface area (Å²) in [7, 11) is -0.220. The van der Waals surface area contributed by atoms with Crippen molar-refractivity contribution in [1.29, 1.82) is 0 Å². The molecule has 0 heterocycles. The van der Waals surface area contributed by atoms with Gasteiger partial charge in [0.15, 0.2) is 0 Å². The van der Waals surface area contributed by atoms with Gasteiger partial charge in [0, 0.05) is 26.8 Å². The van der Waals surface area contributed by atoms with Crippen LogP contribution in [0.5, 0.6) is 0 Å². The van der Waals surface area contributed by atoms with Crippen LogP contribution in [0.1, 0.15) is 6.42 Å². The Morgan fingerprint density at radius 2 is 2.18 bits per heavy atom. The molecule has 8 nitrogen and oxygen atoms in total. The third-order valence-electron chi connectivity index (χ3n) is 1.89. The molecule has 9 heteroatoms. The molecule has 0 aliphatic carbocycles. The molecule has 0 aromatic carbocycles. The Bertz CT molecular complexity index is 317. The molecular weight excluding hydrogens is 246 g/mol. The molecule has 0 aromatic rings. The van der Waals surface area contributed by atoms with Crippen molar-refractivity contribution in [2.24, 2.45) is 10.8 Å². The Labute approximate surface area is 102 Å². The van der Waals surface area contributed by atoms with E-state index in [1.165, 1.54) is 7.05 Å². The van der Waals surface area contributed by atoms with Gasteiger partial charge in [-0.1, -0.05) is 0 Å². The fourth-order valence-corrected chi connectivity index (χ4v) is 1.53. The van der Waals surface area contributed by atoms with Gasteiger partial charge in [0.1, 0.15) is 0 Å². The lowest BCUT2D eigenvalue weighted by Gasteiger charge is -2.09. The summed E-state index contributed by atoms with van der Waals surface area (Å²) in [5, 5.41) is 2.79. The van der Waals surface area contributed by atoms with Gasteiger partial charge in [-0.3, -0.25) is 10.4 Å². The van der Waals surface area contributed by atoms with Crippen molar-refractivity contribution in [3.05, 3.63) is 0 Å². The van der Waals surface area contributed by atoms with Crippen LogP contribution in [-0.4, -0.2) is 54.0 Å². The number of hydrazine groups is 1. The molecule has 0 bridgehead atoms. The van der Waals surface area contributed by atoms with Crippen molar-refractivity contribution >= 4 is 16.0 Å². The lowest BCUT2D eigenvalue weighted by atomic mass is 10.5. The topological polar surface area (TPSA) is 118 Å². The van der Waals surface area contributed by atoms with E-state index in [0.717, 1.165) is 6.42 Å². The third kappa shape index (κ3) is 8.86. The van der Waals surface area contributed by atoms with E-state index >= 15 is 0 Å². The van der Waals surface area contributed by atoms with Crippen LogP contribution in [0.3, 0.4) is 0 Å². The Hall–Kier alpha value is -0.900. The number of sulfonamides is 1. The quantitative estimate of drug-likeness (QED) is 0.133. The minimum absolute atomic E-state index is 0.0394. The van der Waals surface area contributed by atoms with Crippen molar-refractivity contribution in [1.82, 2.24) is 15.5 Å². The number of methoxy groups -OCH3 is 1. The summed E-state index contributed by atoms with van der Waals surface area (Å²) in [6, 6.07) is 0. The largest absolute Gasteiger partial charge is 0.385 e. The van der Waals surface area contributed by atoms with Crippen LogP contribution in [0.15, 0.2) is 4.99 Å². The second-order valence-electron chi connectivity index (χ2n) is 3.17. The van der Waals surface area contributed by atoms with Crippen LogP contribution in [0, 0.1) is 0 Å². The first-order valence-electron chi connectivity index (χ1n) is 5.21. The van der Waals surface area contributed by atoms with Gasteiger partial charge in [0.25, 0.3) is 0 Å². The first kappa shape index (κ1) is 16.1. The smallest absolute Gasteiger partial charge is 0.213 e. The number of nitrogens with one attached hydrogen (secondary N) is 3. The predicted molar refractivity (Wildman–Crippen MR) is 67.0 cm³/mol. The van der Waals surface area contributed by atoms with Gasteiger partial charge >= 0.3 is 0 Å². The molecule has 0 rings (SSSR count). The second kappa shape index (κ2) is 9.16. The number of hydrogen-bond acceptors (Lipinski definition) is 5. The molecule has 0 saturated heterocycles. The molecule has 0 saturated carbocycles. The van der Waals surface area contributed by atoms with Crippen molar-refractivity contribution in [3.8, 4) is 0 Å². The SMILES string of the molecule is CNS(=O)(=O)CCNC(=NCCCOC)NN. The summed E-state index contributed by atoms with van der Waals surface area (Å²) in [6.07, 6.45) is 0.776.